The molecule has 0 amide bonds. The van der Waals surface area contributed by atoms with Crippen molar-refractivity contribution < 1.29 is 0 Å². The van der Waals surface area contributed by atoms with Crippen LogP contribution in [0.25, 0.3) is 11.1 Å². The van der Waals surface area contributed by atoms with Gasteiger partial charge in [0.05, 0.1) is 0 Å². The van der Waals surface area contributed by atoms with Gasteiger partial charge in [-0.25, -0.2) is 0 Å². The molecule has 0 aliphatic carbocycles. The number of benzene rings is 3. The van der Waals surface area contributed by atoms with Crippen LogP contribution in [0.4, 0.5) is 0 Å². The first-order chi connectivity index (χ1) is 10.4. The molecule has 1 nitrogen and oxygen atoms in total. The Morgan fingerprint density at radius 3 is 1.95 bits per heavy atom. The third-order valence-electron chi connectivity index (χ3n) is 3.59. The summed E-state index contributed by atoms with van der Waals surface area (Å²) in [5.41, 5.74) is 5.22. The van der Waals surface area contributed by atoms with Gasteiger partial charge in [0, 0.05) is 13.1 Å². The minimum atomic E-state index is 0.875. The smallest absolute Gasteiger partial charge is 0.0214 e. The van der Waals surface area contributed by atoms with Crippen molar-refractivity contribution in [3.63, 3.8) is 0 Å². The number of hydrogen-bond acceptors (Lipinski definition) is 1. The molecule has 1 heteroatoms. The second kappa shape index (κ2) is 6.87. The molecule has 0 saturated carbocycles. The molecular formula is C20H19N. The van der Waals surface area contributed by atoms with Crippen LogP contribution >= 0.6 is 0 Å². The number of rotatable bonds is 5. The van der Waals surface area contributed by atoms with E-state index in [1.54, 1.807) is 0 Å². The molecule has 0 spiro atoms. The van der Waals surface area contributed by atoms with Gasteiger partial charge in [-0.2, -0.15) is 0 Å². The van der Waals surface area contributed by atoms with Crippen molar-refractivity contribution in [3.8, 4) is 11.1 Å². The molecule has 0 unspecified atom stereocenters. The second-order valence-electron chi connectivity index (χ2n) is 5.11. The Hall–Kier alpha value is -2.38. The minimum Gasteiger partial charge on any atom is -0.309 e. The quantitative estimate of drug-likeness (QED) is 0.714. The lowest BCUT2D eigenvalue weighted by molar-refractivity contribution is 0.694. The lowest BCUT2D eigenvalue weighted by atomic mass is 10.00. The van der Waals surface area contributed by atoms with Gasteiger partial charge in [-0.1, -0.05) is 84.9 Å². The molecule has 3 rings (SSSR count). The van der Waals surface area contributed by atoms with E-state index in [0.29, 0.717) is 0 Å². The summed E-state index contributed by atoms with van der Waals surface area (Å²) in [6, 6.07) is 29.6. The van der Waals surface area contributed by atoms with Gasteiger partial charge in [-0.3, -0.25) is 0 Å². The van der Waals surface area contributed by atoms with E-state index in [1.165, 1.54) is 22.3 Å². The first kappa shape index (κ1) is 13.6. The highest BCUT2D eigenvalue weighted by atomic mass is 14.8. The van der Waals surface area contributed by atoms with Gasteiger partial charge in [-0.15, -0.1) is 0 Å². The summed E-state index contributed by atoms with van der Waals surface area (Å²) in [4.78, 5) is 0. The summed E-state index contributed by atoms with van der Waals surface area (Å²) >= 11 is 0. The van der Waals surface area contributed by atoms with Crippen molar-refractivity contribution in [3.05, 3.63) is 96.1 Å². The standard InChI is InChI=1S/C20H19N/c1-3-9-17(10-4-1)15-21-16-19-13-7-8-14-20(19)18-11-5-2-6-12-18/h1-14,21H,15-16H2. The fourth-order valence-corrected chi connectivity index (χ4v) is 2.51. The Morgan fingerprint density at radius 2 is 1.19 bits per heavy atom. The van der Waals surface area contributed by atoms with Crippen LogP contribution in [0.5, 0.6) is 0 Å². The second-order valence-corrected chi connectivity index (χ2v) is 5.11. The Morgan fingerprint density at radius 1 is 0.571 bits per heavy atom. The largest absolute Gasteiger partial charge is 0.309 e. The monoisotopic (exact) mass is 273 g/mol. The van der Waals surface area contributed by atoms with E-state index in [0.717, 1.165) is 13.1 Å². The van der Waals surface area contributed by atoms with Crippen LogP contribution in [0.3, 0.4) is 0 Å². The van der Waals surface area contributed by atoms with Gasteiger partial charge < -0.3 is 5.32 Å². The average Bonchev–Trinajstić information content (AvgIpc) is 2.57. The van der Waals surface area contributed by atoms with Crippen LogP contribution in [-0.4, -0.2) is 0 Å². The van der Waals surface area contributed by atoms with Gasteiger partial charge in [0.1, 0.15) is 0 Å². The highest BCUT2D eigenvalue weighted by molar-refractivity contribution is 5.67. The zero-order chi connectivity index (χ0) is 14.3. The molecule has 104 valence electrons. The average molecular weight is 273 g/mol. The summed E-state index contributed by atoms with van der Waals surface area (Å²) in [7, 11) is 0. The molecule has 1 N–H and O–H groups in total. The van der Waals surface area contributed by atoms with Crippen molar-refractivity contribution >= 4 is 0 Å². The van der Waals surface area contributed by atoms with Crippen LogP contribution in [0.15, 0.2) is 84.9 Å². The predicted octanol–water partition coefficient (Wildman–Crippen LogP) is 4.64. The van der Waals surface area contributed by atoms with Crippen molar-refractivity contribution in [2.45, 2.75) is 13.1 Å². The molecule has 3 aromatic rings. The topological polar surface area (TPSA) is 12.0 Å². The maximum atomic E-state index is 3.53. The van der Waals surface area contributed by atoms with Crippen LogP contribution in [-0.2, 0) is 13.1 Å². The summed E-state index contributed by atoms with van der Waals surface area (Å²) in [5, 5.41) is 3.53. The maximum absolute atomic E-state index is 3.53. The molecule has 0 atom stereocenters. The Kier molecular flexibility index (Phi) is 4.45. The van der Waals surface area contributed by atoms with Crippen molar-refractivity contribution in [2.24, 2.45) is 0 Å². The van der Waals surface area contributed by atoms with Gasteiger partial charge >= 0.3 is 0 Å². The lowest BCUT2D eigenvalue weighted by Gasteiger charge is -2.11. The first-order valence-electron chi connectivity index (χ1n) is 7.31. The summed E-state index contributed by atoms with van der Waals surface area (Å²) < 4.78 is 0. The zero-order valence-corrected chi connectivity index (χ0v) is 12.0. The fourth-order valence-electron chi connectivity index (χ4n) is 2.51. The van der Waals surface area contributed by atoms with Crippen LogP contribution < -0.4 is 5.32 Å². The highest BCUT2D eigenvalue weighted by Gasteiger charge is 2.03. The van der Waals surface area contributed by atoms with E-state index in [9.17, 15) is 0 Å². The van der Waals surface area contributed by atoms with E-state index >= 15 is 0 Å². The van der Waals surface area contributed by atoms with Gasteiger partial charge in [0.25, 0.3) is 0 Å². The molecule has 0 bridgehead atoms. The number of nitrogens with one attached hydrogen (secondary N) is 1. The van der Waals surface area contributed by atoms with E-state index in [4.69, 9.17) is 0 Å². The zero-order valence-electron chi connectivity index (χ0n) is 12.0. The minimum absolute atomic E-state index is 0.875. The Balaban J connectivity index is 1.71. The predicted molar refractivity (Wildman–Crippen MR) is 88.9 cm³/mol. The SMILES string of the molecule is c1ccc(CNCc2ccccc2-c2ccccc2)cc1. The van der Waals surface area contributed by atoms with Gasteiger partial charge in [-0.05, 0) is 22.3 Å². The molecule has 3 aromatic carbocycles. The van der Waals surface area contributed by atoms with Gasteiger partial charge in [0.15, 0.2) is 0 Å². The van der Waals surface area contributed by atoms with E-state index in [1.807, 2.05) is 6.07 Å². The van der Waals surface area contributed by atoms with Crippen molar-refractivity contribution in [2.75, 3.05) is 0 Å². The third-order valence-corrected chi connectivity index (χ3v) is 3.59. The number of hydrogen-bond donors (Lipinski definition) is 1. The molecule has 0 aliphatic heterocycles. The fraction of sp³-hybridized carbons (Fsp3) is 0.100. The molecule has 0 aromatic heterocycles. The van der Waals surface area contributed by atoms with E-state index in [2.05, 4.69) is 84.2 Å². The van der Waals surface area contributed by atoms with E-state index in [-0.39, 0.29) is 0 Å². The van der Waals surface area contributed by atoms with E-state index < -0.39 is 0 Å². The molecule has 0 radical (unpaired) electrons. The Bertz CT molecular complexity index is 674. The first-order valence-corrected chi connectivity index (χ1v) is 7.31. The van der Waals surface area contributed by atoms with Gasteiger partial charge in [0.2, 0.25) is 0 Å². The molecule has 0 saturated heterocycles. The third kappa shape index (κ3) is 3.59. The summed E-state index contributed by atoms with van der Waals surface area (Å²) in [6.45, 7) is 1.77. The van der Waals surface area contributed by atoms with Crippen molar-refractivity contribution in [1.82, 2.24) is 5.32 Å². The van der Waals surface area contributed by atoms with Crippen LogP contribution in [0, 0.1) is 0 Å². The molecular weight excluding hydrogens is 254 g/mol. The molecule has 0 fully saturated rings. The van der Waals surface area contributed by atoms with Crippen molar-refractivity contribution in [1.29, 1.82) is 0 Å². The molecule has 21 heavy (non-hydrogen) atoms. The van der Waals surface area contributed by atoms with Crippen LogP contribution in [0.1, 0.15) is 11.1 Å². The molecule has 0 heterocycles. The lowest BCUT2D eigenvalue weighted by Crippen LogP contribution is -2.13. The highest BCUT2D eigenvalue weighted by Crippen LogP contribution is 2.23. The Labute approximate surface area is 126 Å². The molecule has 0 aliphatic rings. The summed E-state index contributed by atoms with van der Waals surface area (Å²) in [5.74, 6) is 0. The normalized spacial score (nSPS) is 10.5. The summed E-state index contributed by atoms with van der Waals surface area (Å²) in [6.07, 6.45) is 0. The van der Waals surface area contributed by atoms with Crippen LogP contribution in [0.2, 0.25) is 0 Å². The maximum Gasteiger partial charge on any atom is 0.0214 e.